The number of ether oxygens (including phenoxy) is 1. The second-order valence-corrected chi connectivity index (χ2v) is 4.28. The number of benzene rings is 1. The van der Waals surface area contributed by atoms with Gasteiger partial charge in [0.25, 0.3) is 0 Å². The molecule has 1 heterocycles. The molecule has 1 saturated heterocycles. The zero-order valence-electron chi connectivity index (χ0n) is 9.56. The maximum absolute atomic E-state index is 5.87. The largest absolute Gasteiger partial charge is 0.372 e. The Kier molecular flexibility index (Phi) is 4.14. The van der Waals surface area contributed by atoms with E-state index in [0.29, 0.717) is 18.8 Å². The van der Waals surface area contributed by atoms with Crippen LogP contribution in [-0.2, 0) is 11.3 Å². The van der Waals surface area contributed by atoms with Crippen molar-refractivity contribution < 1.29 is 4.74 Å². The van der Waals surface area contributed by atoms with Crippen LogP contribution in [-0.4, -0.2) is 18.7 Å². The third-order valence-electron chi connectivity index (χ3n) is 2.96. The second kappa shape index (κ2) is 5.83. The molecule has 0 amide bonds. The first-order valence-corrected chi connectivity index (χ1v) is 5.88. The van der Waals surface area contributed by atoms with Crippen LogP contribution in [0.5, 0.6) is 0 Å². The van der Waals surface area contributed by atoms with Gasteiger partial charge in [-0.15, -0.1) is 6.58 Å². The van der Waals surface area contributed by atoms with E-state index in [-0.39, 0.29) is 0 Å². The summed E-state index contributed by atoms with van der Waals surface area (Å²) in [6.45, 7) is 5.44. The smallest absolute Gasteiger partial charge is 0.0721 e. The minimum atomic E-state index is 0.352. The summed E-state index contributed by atoms with van der Waals surface area (Å²) in [5.41, 5.74) is 1.25. The van der Waals surface area contributed by atoms with Crippen molar-refractivity contribution in [2.24, 2.45) is 0 Å². The van der Waals surface area contributed by atoms with Gasteiger partial charge in [-0.05, 0) is 18.4 Å². The highest BCUT2D eigenvalue weighted by atomic mass is 16.5. The van der Waals surface area contributed by atoms with E-state index in [1.807, 2.05) is 24.3 Å². The van der Waals surface area contributed by atoms with Gasteiger partial charge in [0.15, 0.2) is 0 Å². The molecule has 0 spiro atoms. The first-order valence-electron chi connectivity index (χ1n) is 5.88. The summed E-state index contributed by atoms with van der Waals surface area (Å²) < 4.78 is 5.87. The number of rotatable bonds is 5. The van der Waals surface area contributed by atoms with Crippen molar-refractivity contribution in [1.82, 2.24) is 5.32 Å². The number of nitrogens with one attached hydrogen (secondary N) is 1. The molecule has 1 fully saturated rings. The van der Waals surface area contributed by atoms with Crippen LogP contribution in [0.4, 0.5) is 0 Å². The Labute approximate surface area is 97.3 Å². The van der Waals surface area contributed by atoms with Gasteiger partial charge in [-0.25, -0.2) is 0 Å². The topological polar surface area (TPSA) is 21.3 Å². The van der Waals surface area contributed by atoms with Gasteiger partial charge in [0.1, 0.15) is 0 Å². The summed E-state index contributed by atoms with van der Waals surface area (Å²) in [6.07, 6.45) is 4.45. The Morgan fingerprint density at radius 2 is 2.19 bits per heavy atom. The van der Waals surface area contributed by atoms with Crippen molar-refractivity contribution in [1.29, 1.82) is 0 Å². The lowest BCUT2D eigenvalue weighted by atomic mass is 10.1. The predicted molar refractivity (Wildman–Crippen MR) is 66.2 cm³/mol. The van der Waals surface area contributed by atoms with E-state index in [9.17, 15) is 0 Å². The molecule has 2 heteroatoms. The zero-order valence-corrected chi connectivity index (χ0v) is 9.56. The number of hydrogen-bond donors (Lipinski definition) is 1. The van der Waals surface area contributed by atoms with Crippen molar-refractivity contribution in [2.75, 3.05) is 6.54 Å². The molecule has 2 atom stereocenters. The molecule has 0 aliphatic carbocycles. The Morgan fingerprint density at radius 1 is 1.38 bits per heavy atom. The molecule has 1 N–H and O–H groups in total. The molecule has 2 unspecified atom stereocenters. The van der Waals surface area contributed by atoms with E-state index >= 15 is 0 Å². The first kappa shape index (κ1) is 11.4. The molecule has 1 aliphatic rings. The Balaban J connectivity index is 1.73. The molecule has 16 heavy (non-hydrogen) atoms. The third kappa shape index (κ3) is 3.19. The van der Waals surface area contributed by atoms with Crippen molar-refractivity contribution >= 4 is 0 Å². The third-order valence-corrected chi connectivity index (χ3v) is 2.96. The molecule has 2 nitrogen and oxygen atoms in total. The molecule has 0 bridgehead atoms. The van der Waals surface area contributed by atoms with Crippen LogP contribution in [0.1, 0.15) is 18.4 Å². The van der Waals surface area contributed by atoms with E-state index in [0.717, 1.165) is 19.4 Å². The van der Waals surface area contributed by atoms with E-state index in [1.54, 1.807) is 0 Å². The molecular weight excluding hydrogens is 198 g/mol. The lowest BCUT2D eigenvalue weighted by Crippen LogP contribution is -2.20. The SMILES string of the molecule is C=CCC1CC(OCc2ccccc2)CN1. The second-order valence-electron chi connectivity index (χ2n) is 4.28. The Hall–Kier alpha value is -1.12. The summed E-state index contributed by atoms with van der Waals surface area (Å²) >= 11 is 0. The monoisotopic (exact) mass is 217 g/mol. The van der Waals surface area contributed by atoms with Gasteiger partial charge >= 0.3 is 0 Å². The van der Waals surface area contributed by atoms with Gasteiger partial charge in [0.05, 0.1) is 12.7 Å². The van der Waals surface area contributed by atoms with Crippen LogP contribution in [0.3, 0.4) is 0 Å². The summed E-state index contributed by atoms with van der Waals surface area (Å²) in [4.78, 5) is 0. The van der Waals surface area contributed by atoms with Gasteiger partial charge in [-0.1, -0.05) is 36.4 Å². The molecule has 0 aromatic heterocycles. The summed E-state index contributed by atoms with van der Waals surface area (Å²) in [6, 6.07) is 10.9. The van der Waals surface area contributed by atoms with E-state index in [4.69, 9.17) is 4.74 Å². The molecule has 2 rings (SSSR count). The minimum Gasteiger partial charge on any atom is -0.372 e. The van der Waals surface area contributed by atoms with Crippen molar-refractivity contribution in [3.8, 4) is 0 Å². The molecule has 1 aromatic carbocycles. The zero-order chi connectivity index (χ0) is 11.2. The average molecular weight is 217 g/mol. The average Bonchev–Trinajstić information content (AvgIpc) is 2.76. The van der Waals surface area contributed by atoms with Gasteiger partial charge in [0, 0.05) is 12.6 Å². The molecule has 86 valence electrons. The van der Waals surface area contributed by atoms with Crippen LogP contribution in [0.15, 0.2) is 43.0 Å². The summed E-state index contributed by atoms with van der Waals surface area (Å²) in [5, 5.41) is 3.45. The van der Waals surface area contributed by atoms with Gasteiger partial charge in [-0.3, -0.25) is 0 Å². The summed E-state index contributed by atoms with van der Waals surface area (Å²) in [5.74, 6) is 0. The van der Waals surface area contributed by atoms with Crippen molar-refractivity contribution in [2.45, 2.75) is 31.6 Å². The van der Waals surface area contributed by atoms with Crippen molar-refractivity contribution in [3.05, 3.63) is 48.6 Å². The number of hydrogen-bond acceptors (Lipinski definition) is 2. The fourth-order valence-corrected chi connectivity index (χ4v) is 2.08. The maximum Gasteiger partial charge on any atom is 0.0721 e. The predicted octanol–water partition coefficient (Wildman–Crippen LogP) is 2.51. The molecule has 1 aliphatic heterocycles. The van der Waals surface area contributed by atoms with Crippen LogP contribution in [0, 0.1) is 0 Å². The van der Waals surface area contributed by atoms with Gasteiger partial charge in [0.2, 0.25) is 0 Å². The normalized spacial score (nSPS) is 24.5. The quantitative estimate of drug-likeness (QED) is 0.765. The Morgan fingerprint density at radius 3 is 2.94 bits per heavy atom. The fourth-order valence-electron chi connectivity index (χ4n) is 2.08. The molecule has 0 saturated carbocycles. The lowest BCUT2D eigenvalue weighted by Gasteiger charge is -2.10. The van der Waals surface area contributed by atoms with E-state index in [1.165, 1.54) is 5.56 Å². The molecule has 1 aromatic rings. The maximum atomic E-state index is 5.87. The summed E-state index contributed by atoms with van der Waals surface area (Å²) in [7, 11) is 0. The lowest BCUT2D eigenvalue weighted by molar-refractivity contribution is 0.0526. The van der Waals surface area contributed by atoms with E-state index < -0.39 is 0 Å². The highest BCUT2D eigenvalue weighted by Gasteiger charge is 2.23. The minimum absolute atomic E-state index is 0.352. The molecule has 0 radical (unpaired) electrons. The van der Waals surface area contributed by atoms with E-state index in [2.05, 4.69) is 24.0 Å². The standard InChI is InChI=1S/C14H19NO/c1-2-6-13-9-14(10-15-13)16-11-12-7-4-3-5-8-12/h2-5,7-8,13-15H,1,6,9-11H2. The van der Waals surface area contributed by atoms with Crippen LogP contribution in [0.2, 0.25) is 0 Å². The first-order chi connectivity index (χ1) is 7.88. The highest BCUT2D eigenvalue weighted by molar-refractivity contribution is 5.13. The van der Waals surface area contributed by atoms with Crippen LogP contribution < -0.4 is 5.32 Å². The van der Waals surface area contributed by atoms with Gasteiger partial charge in [-0.2, -0.15) is 0 Å². The Bertz CT molecular complexity index is 323. The van der Waals surface area contributed by atoms with Crippen molar-refractivity contribution in [3.63, 3.8) is 0 Å². The highest BCUT2D eigenvalue weighted by Crippen LogP contribution is 2.15. The molecular formula is C14H19NO. The van der Waals surface area contributed by atoms with Crippen LogP contribution >= 0.6 is 0 Å². The van der Waals surface area contributed by atoms with Gasteiger partial charge < -0.3 is 10.1 Å². The fraction of sp³-hybridized carbons (Fsp3) is 0.429. The van der Waals surface area contributed by atoms with Crippen LogP contribution in [0.25, 0.3) is 0 Å².